The average molecular weight is 432 g/mol. The number of hydrogen-bond acceptors (Lipinski definition) is 8. The second-order valence-electron chi connectivity index (χ2n) is 6.12. The zero-order valence-electron chi connectivity index (χ0n) is 15.6. The van der Waals surface area contributed by atoms with Gasteiger partial charge in [0.25, 0.3) is 5.91 Å². The maximum Gasteiger partial charge on any atom is 1.00 e. The number of thiophene rings is 1. The van der Waals surface area contributed by atoms with Crippen LogP contribution in [-0.2, 0) is 30.3 Å². The predicted octanol–water partition coefficient (Wildman–Crippen LogP) is -3.35. The minimum Gasteiger partial charge on any atom is -0.543 e. The summed E-state index contributed by atoms with van der Waals surface area (Å²) in [4.78, 5) is 49.4. The van der Waals surface area contributed by atoms with E-state index in [0.717, 1.165) is 9.78 Å². The van der Waals surface area contributed by atoms with Crippen LogP contribution in [0, 0.1) is 0 Å². The van der Waals surface area contributed by atoms with Gasteiger partial charge in [0.05, 0.1) is 18.1 Å². The molecule has 0 bridgehead atoms. The van der Waals surface area contributed by atoms with Gasteiger partial charge in [-0.15, -0.1) is 23.1 Å². The summed E-state index contributed by atoms with van der Waals surface area (Å²) in [7, 11) is 0. The van der Waals surface area contributed by atoms with Crippen molar-refractivity contribution in [3.05, 3.63) is 33.7 Å². The molecule has 2 aliphatic rings. The molecular weight excluding hydrogens is 415 g/mol. The van der Waals surface area contributed by atoms with Crippen LogP contribution in [-0.4, -0.2) is 51.9 Å². The number of carbonyl (C=O) groups is 4. The predicted molar refractivity (Wildman–Crippen MR) is 96.3 cm³/mol. The van der Waals surface area contributed by atoms with E-state index in [1.54, 1.807) is 6.92 Å². The first-order valence-electron chi connectivity index (χ1n) is 8.17. The molecule has 1 N–H and O–H groups in total. The van der Waals surface area contributed by atoms with Crippen LogP contribution in [0.3, 0.4) is 0 Å². The van der Waals surface area contributed by atoms with Gasteiger partial charge < -0.3 is 20.0 Å². The molecule has 1 aromatic heterocycles. The first-order chi connectivity index (χ1) is 12.8. The number of thioether (sulfide) groups is 1. The van der Waals surface area contributed by atoms with Crippen LogP contribution < -0.4 is 40.0 Å². The first-order valence-corrected chi connectivity index (χ1v) is 10.00. The summed E-state index contributed by atoms with van der Waals surface area (Å²) in [5.74, 6) is -2.87. The molecule has 0 aromatic carbocycles. The van der Waals surface area contributed by atoms with Gasteiger partial charge in [0.15, 0.2) is 0 Å². The average Bonchev–Trinajstić information content (AvgIpc) is 3.10. The van der Waals surface area contributed by atoms with E-state index in [9.17, 15) is 24.3 Å². The van der Waals surface area contributed by atoms with E-state index >= 15 is 0 Å². The van der Waals surface area contributed by atoms with Crippen molar-refractivity contribution in [3.8, 4) is 0 Å². The van der Waals surface area contributed by atoms with Crippen LogP contribution in [0.2, 0.25) is 0 Å². The summed E-state index contributed by atoms with van der Waals surface area (Å²) in [5, 5.41) is 15.3. The van der Waals surface area contributed by atoms with E-state index < -0.39 is 29.3 Å². The number of aliphatic carboxylic acids is 1. The molecule has 1 fully saturated rings. The zero-order valence-corrected chi connectivity index (χ0v) is 19.2. The first kappa shape index (κ1) is 23.0. The molecule has 1 saturated heterocycles. The van der Waals surface area contributed by atoms with Crippen LogP contribution in [0.15, 0.2) is 28.8 Å². The topological polar surface area (TPSA) is 116 Å². The van der Waals surface area contributed by atoms with Gasteiger partial charge >= 0.3 is 35.5 Å². The number of nitrogens with zero attached hydrogens (tertiary/aromatic N) is 1. The molecule has 8 nitrogen and oxygen atoms in total. The molecule has 3 atom stereocenters. The number of hydrogen-bond donors (Lipinski definition) is 1. The second kappa shape index (κ2) is 9.45. The summed E-state index contributed by atoms with van der Waals surface area (Å²) < 4.78 is 4.92. The van der Waals surface area contributed by atoms with Gasteiger partial charge in [-0.2, -0.15) is 0 Å². The number of carboxylic acid groups (broad SMARTS) is 1. The molecule has 144 valence electrons. The van der Waals surface area contributed by atoms with Crippen molar-refractivity contribution in [1.82, 2.24) is 10.2 Å². The summed E-state index contributed by atoms with van der Waals surface area (Å²) >= 11 is 2.78. The fraction of sp³-hybridized carbons (Fsp3) is 0.412. The van der Waals surface area contributed by atoms with Crippen molar-refractivity contribution >= 4 is 46.9 Å². The monoisotopic (exact) mass is 432 g/mol. The Labute approximate surface area is 192 Å². The van der Waals surface area contributed by atoms with E-state index in [-0.39, 0.29) is 59.4 Å². The van der Waals surface area contributed by atoms with Crippen molar-refractivity contribution < 1.29 is 58.6 Å². The maximum atomic E-state index is 12.5. The molecule has 1 aromatic rings. The molecule has 3 heterocycles. The molecular formula is C17H17N2NaO6S2. The maximum absolute atomic E-state index is 12.5. The van der Waals surface area contributed by atoms with Gasteiger partial charge in [-0.05, 0) is 18.4 Å². The van der Waals surface area contributed by atoms with E-state index in [0.29, 0.717) is 5.57 Å². The van der Waals surface area contributed by atoms with E-state index in [4.69, 9.17) is 4.74 Å². The summed E-state index contributed by atoms with van der Waals surface area (Å²) in [6.45, 7) is 2.76. The Morgan fingerprint density at radius 1 is 1.36 bits per heavy atom. The molecule has 28 heavy (non-hydrogen) atoms. The second-order valence-corrected chi connectivity index (χ2v) is 8.61. The van der Waals surface area contributed by atoms with Gasteiger partial charge in [-0.25, -0.2) is 0 Å². The van der Waals surface area contributed by atoms with Crippen LogP contribution in [0.5, 0.6) is 0 Å². The molecule has 2 amide bonds. The Hall–Kier alpha value is -1.33. The molecule has 0 saturated carbocycles. The Balaban J connectivity index is 0.00000280. The summed E-state index contributed by atoms with van der Waals surface area (Å²) in [5.41, 5.74) is 0.0319. The minimum absolute atomic E-state index is 0. The number of esters is 1. The largest absolute Gasteiger partial charge is 1.00 e. The molecule has 0 radical (unpaired) electrons. The van der Waals surface area contributed by atoms with Crippen LogP contribution in [0.25, 0.3) is 0 Å². The Morgan fingerprint density at radius 2 is 2.07 bits per heavy atom. The van der Waals surface area contributed by atoms with Crippen molar-refractivity contribution in [1.29, 1.82) is 0 Å². The van der Waals surface area contributed by atoms with Crippen LogP contribution in [0.1, 0.15) is 18.7 Å². The molecule has 2 aliphatic heterocycles. The minimum atomic E-state index is -1.51. The molecule has 11 heteroatoms. The SMILES string of the molecule is CC(=O)OCC1=C(C(=O)[O-])N2C(=O)C(NC(=O)Cc3cccs3)[C@H]2S[C@@H]1C.[Na+]. The summed E-state index contributed by atoms with van der Waals surface area (Å²) in [6, 6.07) is 2.87. The molecule has 3 rings (SSSR count). The van der Waals surface area contributed by atoms with Crippen molar-refractivity contribution in [2.45, 2.75) is 36.9 Å². The smallest absolute Gasteiger partial charge is 0.543 e. The van der Waals surface area contributed by atoms with Crippen molar-refractivity contribution in [2.24, 2.45) is 0 Å². The Morgan fingerprint density at radius 3 is 2.64 bits per heavy atom. The number of amides is 2. The van der Waals surface area contributed by atoms with Crippen molar-refractivity contribution in [3.63, 3.8) is 0 Å². The van der Waals surface area contributed by atoms with E-state index in [1.807, 2.05) is 17.5 Å². The molecule has 0 aliphatic carbocycles. The fourth-order valence-corrected chi connectivity index (χ4v) is 5.14. The number of carboxylic acids is 1. The van der Waals surface area contributed by atoms with Gasteiger partial charge in [0.1, 0.15) is 18.0 Å². The molecule has 0 spiro atoms. The van der Waals surface area contributed by atoms with Crippen LogP contribution in [0.4, 0.5) is 0 Å². The zero-order chi connectivity index (χ0) is 19.7. The standard InChI is InChI=1S/C17H18N2O6S2.Na/c1-8-11(7-25-9(2)20)14(17(23)24)19-15(22)13(16(19)27-8)18-12(21)6-10-4-3-5-26-10;/h3-5,8,13,16H,6-7H2,1-2H3,(H,18,21)(H,23,24);/q;+1/p-1/t8-,13?,16-;/m1./s1. The van der Waals surface area contributed by atoms with Crippen LogP contribution >= 0.6 is 23.1 Å². The third kappa shape index (κ3) is 4.62. The number of carbonyl (C=O) groups excluding carboxylic acids is 4. The van der Waals surface area contributed by atoms with Gasteiger partial charge in [0, 0.05) is 22.6 Å². The van der Waals surface area contributed by atoms with Gasteiger partial charge in [0.2, 0.25) is 5.91 Å². The number of fused-ring (bicyclic) bond motifs is 1. The van der Waals surface area contributed by atoms with Crippen molar-refractivity contribution in [2.75, 3.05) is 6.61 Å². The molecule has 1 unspecified atom stereocenters. The normalized spacial score (nSPS) is 23.3. The number of rotatable bonds is 6. The van der Waals surface area contributed by atoms with E-state index in [1.165, 1.54) is 30.0 Å². The van der Waals surface area contributed by atoms with Gasteiger partial charge in [-0.3, -0.25) is 19.3 Å². The number of ether oxygens (including phenoxy) is 1. The quantitative estimate of drug-likeness (QED) is 0.284. The fourth-order valence-electron chi connectivity index (χ4n) is 3.00. The third-order valence-electron chi connectivity index (χ3n) is 4.28. The number of nitrogens with one attached hydrogen (secondary N) is 1. The van der Waals surface area contributed by atoms with Gasteiger partial charge in [-0.1, -0.05) is 6.07 Å². The third-order valence-corrected chi connectivity index (χ3v) is 6.61. The van der Waals surface area contributed by atoms with E-state index in [2.05, 4.69) is 5.32 Å². The Kier molecular flexibility index (Phi) is 7.74. The summed E-state index contributed by atoms with van der Waals surface area (Å²) in [6.07, 6.45) is 0.162. The Bertz CT molecular complexity index is 826. The number of β-lactam (4-membered cyclic amide) rings is 1.